The molecule has 2 nitrogen and oxygen atoms in total. The van der Waals surface area contributed by atoms with Gasteiger partial charge in [-0.1, -0.05) is 40.2 Å². The maximum atomic E-state index is 11.4. The summed E-state index contributed by atoms with van der Waals surface area (Å²) in [6, 6.07) is 6.34. The number of benzene rings is 1. The Morgan fingerprint density at radius 2 is 2.00 bits per heavy atom. The summed E-state index contributed by atoms with van der Waals surface area (Å²) >= 11 is 1.39. The van der Waals surface area contributed by atoms with Crippen LogP contribution in [0.1, 0.15) is 54.9 Å². The molecule has 0 saturated carbocycles. The number of carboxylic acids is 1. The SMILES string of the molecule is CCCc1c(C(=O)O)sc2ccc(C(C)(C)C)cc12. The number of carboxylic acid groups (broad SMARTS) is 1. The van der Waals surface area contributed by atoms with Crippen molar-refractivity contribution in [3.63, 3.8) is 0 Å². The van der Waals surface area contributed by atoms with Crippen LogP contribution >= 0.6 is 11.3 Å². The van der Waals surface area contributed by atoms with Gasteiger partial charge >= 0.3 is 5.97 Å². The first-order chi connectivity index (χ1) is 8.84. The van der Waals surface area contributed by atoms with Gasteiger partial charge in [0, 0.05) is 4.70 Å². The Morgan fingerprint density at radius 1 is 1.32 bits per heavy atom. The molecule has 0 aliphatic rings. The van der Waals surface area contributed by atoms with Gasteiger partial charge in [0.2, 0.25) is 0 Å². The second kappa shape index (κ2) is 4.97. The van der Waals surface area contributed by atoms with E-state index in [1.54, 1.807) is 0 Å². The Morgan fingerprint density at radius 3 is 2.53 bits per heavy atom. The highest BCUT2D eigenvalue weighted by Crippen LogP contribution is 2.35. The average Bonchev–Trinajstić information content (AvgIpc) is 2.67. The van der Waals surface area contributed by atoms with Crippen molar-refractivity contribution in [1.29, 1.82) is 0 Å². The molecule has 2 aromatic rings. The van der Waals surface area contributed by atoms with E-state index in [0.717, 1.165) is 28.5 Å². The lowest BCUT2D eigenvalue weighted by Gasteiger charge is -2.19. The van der Waals surface area contributed by atoms with E-state index in [0.29, 0.717) is 4.88 Å². The fraction of sp³-hybridized carbons (Fsp3) is 0.438. The maximum Gasteiger partial charge on any atom is 0.346 e. The van der Waals surface area contributed by atoms with Gasteiger partial charge in [0.15, 0.2) is 0 Å². The lowest BCUT2D eigenvalue weighted by molar-refractivity contribution is 0.0701. The Hall–Kier alpha value is -1.35. The fourth-order valence-electron chi connectivity index (χ4n) is 2.29. The van der Waals surface area contributed by atoms with E-state index in [1.807, 2.05) is 0 Å². The lowest BCUT2D eigenvalue weighted by atomic mass is 9.86. The maximum absolute atomic E-state index is 11.4. The first kappa shape index (κ1) is 14.1. The van der Waals surface area contributed by atoms with Crippen molar-refractivity contribution in [3.8, 4) is 0 Å². The molecule has 0 fully saturated rings. The van der Waals surface area contributed by atoms with Crippen molar-refractivity contribution < 1.29 is 9.90 Å². The van der Waals surface area contributed by atoms with Crippen LogP contribution in [0.2, 0.25) is 0 Å². The molecule has 0 atom stereocenters. The smallest absolute Gasteiger partial charge is 0.346 e. The van der Waals surface area contributed by atoms with Crippen LogP contribution in [0.5, 0.6) is 0 Å². The topological polar surface area (TPSA) is 37.3 Å². The predicted molar refractivity (Wildman–Crippen MR) is 81.5 cm³/mol. The third-order valence-electron chi connectivity index (χ3n) is 3.35. The molecule has 0 radical (unpaired) electrons. The van der Waals surface area contributed by atoms with Crippen molar-refractivity contribution in [2.75, 3.05) is 0 Å². The highest BCUT2D eigenvalue weighted by atomic mass is 32.1. The second-order valence-electron chi connectivity index (χ2n) is 5.93. The Kier molecular flexibility index (Phi) is 3.68. The van der Waals surface area contributed by atoms with Gasteiger partial charge in [-0.05, 0) is 40.5 Å². The van der Waals surface area contributed by atoms with Crippen LogP contribution in [0.25, 0.3) is 10.1 Å². The van der Waals surface area contributed by atoms with Gasteiger partial charge in [0.1, 0.15) is 4.88 Å². The van der Waals surface area contributed by atoms with Crippen molar-refractivity contribution in [2.24, 2.45) is 0 Å². The van der Waals surface area contributed by atoms with Crippen molar-refractivity contribution in [2.45, 2.75) is 46.0 Å². The lowest BCUT2D eigenvalue weighted by Crippen LogP contribution is -2.10. The largest absolute Gasteiger partial charge is 0.477 e. The Labute approximate surface area is 118 Å². The molecule has 102 valence electrons. The molecule has 0 aliphatic heterocycles. The van der Waals surface area contributed by atoms with E-state index < -0.39 is 5.97 Å². The Bertz CT molecular complexity index is 617. The van der Waals surface area contributed by atoms with Gasteiger partial charge in [-0.25, -0.2) is 4.79 Å². The average molecular weight is 276 g/mol. The van der Waals surface area contributed by atoms with Gasteiger partial charge < -0.3 is 5.11 Å². The molecule has 1 aromatic heterocycles. The molecule has 0 amide bonds. The summed E-state index contributed by atoms with van der Waals surface area (Å²) in [6.07, 6.45) is 1.79. The molecule has 0 bridgehead atoms. The molecule has 0 saturated heterocycles. The summed E-state index contributed by atoms with van der Waals surface area (Å²) in [6.45, 7) is 8.62. The zero-order valence-corrected chi connectivity index (χ0v) is 12.7. The third-order valence-corrected chi connectivity index (χ3v) is 4.55. The minimum atomic E-state index is -0.804. The molecule has 3 heteroatoms. The molecule has 1 aromatic carbocycles. The monoisotopic (exact) mass is 276 g/mol. The highest BCUT2D eigenvalue weighted by molar-refractivity contribution is 7.21. The molecule has 0 spiro atoms. The van der Waals surface area contributed by atoms with Crippen molar-refractivity contribution in [1.82, 2.24) is 0 Å². The van der Waals surface area contributed by atoms with E-state index in [2.05, 4.69) is 45.9 Å². The summed E-state index contributed by atoms with van der Waals surface area (Å²) < 4.78 is 1.08. The number of thiophene rings is 1. The van der Waals surface area contributed by atoms with Crippen LogP contribution in [-0.4, -0.2) is 11.1 Å². The van der Waals surface area contributed by atoms with Crippen LogP contribution in [0.3, 0.4) is 0 Å². The molecule has 0 aliphatic carbocycles. The fourth-order valence-corrected chi connectivity index (χ4v) is 3.36. The third kappa shape index (κ3) is 2.66. The van der Waals surface area contributed by atoms with Crippen LogP contribution in [0.15, 0.2) is 18.2 Å². The van der Waals surface area contributed by atoms with Gasteiger partial charge in [-0.2, -0.15) is 0 Å². The standard InChI is InChI=1S/C16H20O2S/c1-5-6-11-12-9-10(16(2,3)4)7-8-13(12)19-14(11)15(17)18/h7-9H,5-6H2,1-4H3,(H,17,18). The number of hydrogen-bond donors (Lipinski definition) is 1. The first-order valence-electron chi connectivity index (χ1n) is 6.63. The highest BCUT2D eigenvalue weighted by Gasteiger charge is 2.20. The minimum Gasteiger partial charge on any atom is -0.477 e. The summed E-state index contributed by atoms with van der Waals surface area (Å²) in [5.74, 6) is -0.804. The normalized spacial score (nSPS) is 12.0. The second-order valence-corrected chi connectivity index (χ2v) is 6.98. The van der Waals surface area contributed by atoms with Crippen LogP contribution in [0.4, 0.5) is 0 Å². The quantitative estimate of drug-likeness (QED) is 0.870. The summed E-state index contributed by atoms with van der Waals surface area (Å²) in [5, 5.41) is 10.5. The summed E-state index contributed by atoms with van der Waals surface area (Å²) in [5.41, 5.74) is 2.34. The molecule has 1 heterocycles. The number of aryl methyl sites for hydroxylation is 1. The zero-order chi connectivity index (χ0) is 14.2. The summed E-state index contributed by atoms with van der Waals surface area (Å²) in [7, 11) is 0. The van der Waals surface area contributed by atoms with Crippen LogP contribution < -0.4 is 0 Å². The van der Waals surface area contributed by atoms with Gasteiger partial charge in [0.05, 0.1) is 0 Å². The van der Waals surface area contributed by atoms with E-state index in [4.69, 9.17) is 0 Å². The molecule has 19 heavy (non-hydrogen) atoms. The van der Waals surface area contributed by atoms with Crippen molar-refractivity contribution in [3.05, 3.63) is 34.2 Å². The van der Waals surface area contributed by atoms with Gasteiger partial charge in [-0.3, -0.25) is 0 Å². The zero-order valence-electron chi connectivity index (χ0n) is 11.9. The van der Waals surface area contributed by atoms with E-state index in [9.17, 15) is 9.90 Å². The number of hydrogen-bond acceptors (Lipinski definition) is 2. The van der Waals surface area contributed by atoms with Gasteiger partial charge in [-0.15, -0.1) is 11.3 Å². The number of aromatic carboxylic acids is 1. The Balaban J connectivity index is 2.69. The molecular weight excluding hydrogens is 256 g/mol. The molecule has 1 N–H and O–H groups in total. The minimum absolute atomic E-state index is 0.0863. The van der Waals surface area contributed by atoms with Crippen molar-refractivity contribution >= 4 is 27.4 Å². The van der Waals surface area contributed by atoms with E-state index >= 15 is 0 Å². The number of fused-ring (bicyclic) bond motifs is 1. The number of carbonyl (C=O) groups is 1. The van der Waals surface area contributed by atoms with E-state index in [1.165, 1.54) is 16.9 Å². The first-order valence-corrected chi connectivity index (χ1v) is 7.45. The molecule has 2 rings (SSSR count). The van der Waals surface area contributed by atoms with Crippen LogP contribution in [-0.2, 0) is 11.8 Å². The van der Waals surface area contributed by atoms with E-state index in [-0.39, 0.29) is 5.41 Å². The molecule has 0 unspecified atom stereocenters. The summed E-state index contributed by atoms with van der Waals surface area (Å²) in [4.78, 5) is 11.9. The van der Waals surface area contributed by atoms with Crippen LogP contribution in [0, 0.1) is 0 Å². The predicted octanol–water partition coefficient (Wildman–Crippen LogP) is 4.85. The molecular formula is C16H20O2S. The van der Waals surface area contributed by atoms with Gasteiger partial charge in [0.25, 0.3) is 0 Å². The number of rotatable bonds is 3.